The summed E-state index contributed by atoms with van der Waals surface area (Å²) < 4.78 is 37.3. The second-order valence-electron chi connectivity index (χ2n) is 9.22. The third-order valence-electron chi connectivity index (χ3n) is 6.16. The van der Waals surface area contributed by atoms with Crippen LogP contribution in [0.4, 0.5) is 10.5 Å². The van der Waals surface area contributed by atoms with E-state index >= 15 is 0 Å². The molecule has 218 valence electrons. The van der Waals surface area contributed by atoms with Gasteiger partial charge in [-0.2, -0.15) is 8.42 Å². The SMILES string of the molecule is CCOc1cc(/C=C2\SC(=O)N(CC(=O)N3CCCCC3)C2=O)cc(Br)c1OS(=O)(=O)c1ccc(NC(C)=O)cc1. The van der Waals surface area contributed by atoms with Crippen LogP contribution in [0.3, 0.4) is 0 Å². The van der Waals surface area contributed by atoms with Gasteiger partial charge in [-0.25, -0.2) is 0 Å². The van der Waals surface area contributed by atoms with Crippen LogP contribution in [0.2, 0.25) is 0 Å². The Morgan fingerprint density at radius 1 is 1.10 bits per heavy atom. The van der Waals surface area contributed by atoms with Gasteiger partial charge in [0, 0.05) is 25.7 Å². The van der Waals surface area contributed by atoms with Gasteiger partial charge in [0.2, 0.25) is 11.8 Å². The van der Waals surface area contributed by atoms with Gasteiger partial charge in [-0.15, -0.1) is 0 Å². The van der Waals surface area contributed by atoms with Gasteiger partial charge in [0.1, 0.15) is 11.4 Å². The standard InChI is InChI=1S/C27H28BrN3O8S2/c1-3-38-22-14-18(15-23-26(34)31(27(35)40-23)16-24(33)30-11-5-4-6-12-30)13-21(28)25(22)39-41(36,37)20-9-7-19(8-10-20)29-17(2)32/h7-10,13-15H,3-6,11-12,16H2,1-2H3,(H,29,32)/b23-15-. The van der Waals surface area contributed by atoms with E-state index in [2.05, 4.69) is 21.2 Å². The maximum absolute atomic E-state index is 13.0. The number of halogens is 1. The van der Waals surface area contributed by atoms with Gasteiger partial charge < -0.3 is 19.1 Å². The van der Waals surface area contributed by atoms with E-state index in [4.69, 9.17) is 8.92 Å². The number of piperidine rings is 1. The van der Waals surface area contributed by atoms with Crippen molar-refractivity contribution in [2.75, 3.05) is 31.6 Å². The predicted octanol–water partition coefficient (Wildman–Crippen LogP) is 4.62. The van der Waals surface area contributed by atoms with Gasteiger partial charge >= 0.3 is 10.1 Å². The van der Waals surface area contributed by atoms with Gasteiger partial charge in [-0.1, -0.05) is 0 Å². The van der Waals surface area contributed by atoms with Crippen LogP contribution in [0.25, 0.3) is 6.08 Å². The van der Waals surface area contributed by atoms with Crippen molar-refractivity contribution < 1.29 is 36.5 Å². The van der Waals surface area contributed by atoms with Crippen molar-refractivity contribution in [3.8, 4) is 11.5 Å². The Labute approximate surface area is 250 Å². The Hall–Kier alpha value is -3.36. The van der Waals surface area contributed by atoms with Crippen LogP contribution in [0, 0.1) is 0 Å². The molecule has 0 aromatic heterocycles. The summed E-state index contributed by atoms with van der Waals surface area (Å²) in [6, 6.07) is 8.50. The van der Waals surface area contributed by atoms with E-state index in [-0.39, 0.29) is 50.7 Å². The number of nitrogens with one attached hydrogen (secondary N) is 1. The van der Waals surface area contributed by atoms with E-state index in [0.29, 0.717) is 24.3 Å². The molecule has 41 heavy (non-hydrogen) atoms. The van der Waals surface area contributed by atoms with Gasteiger partial charge in [0.25, 0.3) is 11.1 Å². The van der Waals surface area contributed by atoms with Crippen LogP contribution >= 0.6 is 27.7 Å². The summed E-state index contributed by atoms with van der Waals surface area (Å²) in [7, 11) is -4.29. The Balaban J connectivity index is 1.55. The molecule has 4 rings (SSSR count). The normalized spacial score (nSPS) is 16.7. The lowest BCUT2D eigenvalue weighted by Gasteiger charge is -2.27. The van der Waals surface area contributed by atoms with Gasteiger partial charge in [0.05, 0.1) is 16.0 Å². The molecule has 2 aromatic rings. The summed E-state index contributed by atoms with van der Waals surface area (Å²) in [5.41, 5.74) is 0.870. The lowest BCUT2D eigenvalue weighted by atomic mass is 10.1. The van der Waals surface area contributed by atoms with Gasteiger partial charge in [0.15, 0.2) is 11.5 Å². The number of likely N-dealkylation sites (tertiary alicyclic amines) is 1. The quantitative estimate of drug-likeness (QED) is 0.300. The summed E-state index contributed by atoms with van der Waals surface area (Å²) in [6.07, 6.45) is 4.33. The lowest BCUT2D eigenvalue weighted by molar-refractivity contribution is -0.136. The summed E-state index contributed by atoms with van der Waals surface area (Å²) in [5, 5.41) is 2.02. The van der Waals surface area contributed by atoms with Crippen molar-refractivity contribution in [1.29, 1.82) is 0 Å². The molecule has 2 fully saturated rings. The molecule has 0 unspecified atom stereocenters. The predicted molar refractivity (Wildman–Crippen MR) is 157 cm³/mol. The molecule has 0 bridgehead atoms. The summed E-state index contributed by atoms with van der Waals surface area (Å²) in [6.45, 7) is 4.16. The number of imide groups is 1. The van der Waals surface area contributed by atoms with Crippen molar-refractivity contribution in [2.24, 2.45) is 0 Å². The zero-order chi connectivity index (χ0) is 29.7. The molecule has 2 aliphatic rings. The minimum absolute atomic E-state index is 0.0890. The summed E-state index contributed by atoms with van der Waals surface area (Å²) >= 11 is 4.06. The number of anilines is 1. The molecule has 0 saturated carbocycles. The number of carbonyl (C=O) groups is 4. The lowest BCUT2D eigenvalue weighted by Crippen LogP contribution is -2.44. The number of nitrogens with zero attached hydrogens (tertiary/aromatic N) is 2. The number of hydrogen-bond donors (Lipinski definition) is 1. The number of thioether (sulfide) groups is 1. The number of amides is 4. The molecule has 2 aliphatic heterocycles. The summed E-state index contributed by atoms with van der Waals surface area (Å²) in [4.78, 5) is 52.0. The Bertz CT molecular complexity index is 1500. The Kier molecular flexibility index (Phi) is 9.76. The first kappa shape index (κ1) is 30.6. The van der Waals surface area contributed by atoms with Crippen LogP contribution in [-0.2, 0) is 24.5 Å². The summed E-state index contributed by atoms with van der Waals surface area (Å²) in [5.74, 6) is -1.15. The molecule has 1 N–H and O–H groups in total. The molecule has 14 heteroatoms. The molecule has 2 heterocycles. The molecule has 2 aromatic carbocycles. The molecule has 11 nitrogen and oxygen atoms in total. The topological polar surface area (TPSA) is 139 Å². The Morgan fingerprint density at radius 3 is 2.41 bits per heavy atom. The zero-order valence-electron chi connectivity index (χ0n) is 22.3. The molecule has 4 amide bonds. The smallest absolute Gasteiger partial charge is 0.339 e. The zero-order valence-corrected chi connectivity index (χ0v) is 25.6. The van der Waals surface area contributed by atoms with Gasteiger partial charge in [-0.3, -0.25) is 24.1 Å². The van der Waals surface area contributed by atoms with Crippen molar-refractivity contribution in [2.45, 2.75) is 38.0 Å². The van der Waals surface area contributed by atoms with E-state index in [9.17, 15) is 27.6 Å². The van der Waals surface area contributed by atoms with Gasteiger partial charge in [-0.05, 0) is 102 Å². The van der Waals surface area contributed by atoms with E-state index in [0.717, 1.165) is 35.9 Å². The average Bonchev–Trinajstić information content (AvgIpc) is 3.18. The van der Waals surface area contributed by atoms with E-state index in [1.54, 1.807) is 11.8 Å². The van der Waals surface area contributed by atoms with Crippen molar-refractivity contribution in [1.82, 2.24) is 9.80 Å². The number of rotatable bonds is 9. The fourth-order valence-electron chi connectivity index (χ4n) is 4.25. The molecule has 0 radical (unpaired) electrons. The maximum atomic E-state index is 13.0. The highest BCUT2D eigenvalue weighted by Crippen LogP contribution is 2.40. The number of carbonyl (C=O) groups excluding carboxylic acids is 4. The fourth-order valence-corrected chi connectivity index (χ4v) is 6.69. The number of ether oxygens (including phenoxy) is 1. The first-order chi connectivity index (χ1) is 19.5. The monoisotopic (exact) mass is 665 g/mol. The van der Waals surface area contributed by atoms with Crippen LogP contribution in [0.5, 0.6) is 11.5 Å². The van der Waals surface area contributed by atoms with E-state index in [1.165, 1.54) is 49.4 Å². The third kappa shape index (κ3) is 7.49. The highest BCUT2D eigenvalue weighted by Gasteiger charge is 2.37. The van der Waals surface area contributed by atoms with Crippen LogP contribution < -0.4 is 14.2 Å². The minimum atomic E-state index is -4.29. The average molecular weight is 667 g/mol. The molecule has 2 saturated heterocycles. The van der Waals surface area contributed by atoms with Crippen LogP contribution in [0.1, 0.15) is 38.7 Å². The van der Waals surface area contributed by atoms with Crippen LogP contribution in [0.15, 0.2) is 50.7 Å². The molecule has 0 atom stereocenters. The third-order valence-corrected chi connectivity index (χ3v) is 8.89. The molecular weight excluding hydrogens is 638 g/mol. The van der Waals surface area contributed by atoms with Crippen molar-refractivity contribution in [3.05, 3.63) is 51.3 Å². The van der Waals surface area contributed by atoms with E-state index < -0.39 is 21.3 Å². The number of benzene rings is 2. The first-order valence-electron chi connectivity index (χ1n) is 12.8. The van der Waals surface area contributed by atoms with Crippen LogP contribution in [-0.4, -0.2) is 67.4 Å². The Morgan fingerprint density at radius 2 is 1.78 bits per heavy atom. The highest BCUT2D eigenvalue weighted by atomic mass is 79.9. The first-order valence-corrected chi connectivity index (χ1v) is 15.8. The van der Waals surface area contributed by atoms with Crippen molar-refractivity contribution >= 4 is 72.5 Å². The van der Waals surface area contributed by atoms with Crippen molar-refractivity contribution in [3.63, 3.8) is 0 Å². The molecule has 0 spiro atoms. The van der Waals surface area contributed by atoms with E-state index in [1.807, 2.05) is 0 Å². The second kappa shape index (κ2) is 13.1. The minimum Gasteiger partial charge on any atom is -0.490 e. The largest absolute Gasteiger partial charge is 0.490 e. The number of hydrogen-bond acceptors (Lipinski definition) is 9. The molecular formula is C27H28BrN3O8S2. The fraction of sp³-hybridized carbons (Fsp3) is 0.333. The second-order valence-corrected chi connectivity index (χ2v) is 12.6. The highest BCUT2D eigenvalue weighted by molar-refractivity contribution is 9.10. The maximum Gasteiger partial charge on any atom is 0.339 e. The molecule has 0 aliphatic carbocycles.